The van der Waals surface area contributed by atoms with Gasteiger partial charge < -0.3 is 14.8 Å². The van der Waals surface area contributed by atoms with Gasteiger partial charge >= 0.3 is 0 Å². The van der Waals surface area contributed by atoms with Gasteiger partial charge in [0.15, 0.2) is 11.5 Å². The van der Waals surface area contributed by atoms with Gasteiger partial charge in [-0.1, -0.05) is 19.4 Å². The Morgan fingerprint density at radius 2 is 2.00 bits per heavy atom. The summed E-state index contributed by atoms with van der Waals surface area (Å²) in [5.41, 5.74) is 1.38. The van der Waals surface area contributed by atoms with Crippen LogP contribution in [0.15, 0.2) is 18.2 Å². The van der Waals surface area contributed by atoms with Gasteiger partial charge in [0.25, 0.3) is 0 Å². The van der Waals surface area contributed by atoms with Gasteiger partial charge in [-0.3, -0.25) is 0 Å². The first-order valence-corrected chi connectivity index (χ1v) is 6.72. The molecule has 2 unspecified atom stereocenters. The highest BCUT2D eigenvalue weighted by Gasteiger charge is 2.25. The standard InChI is InChI=1S/C15H23NO2/c1-4-11-10-16-8-7-13(11)12-5-6-14(17-2)15(9-12)18-3/h5-6,9,11,13,16H,4,7-8,10H2,1-3H3. The Hall–Kier alpha value is -1.22. The molecule has 1 aliphatic heterocycles. The number of ether oxygens (including phenoxy) is 2. The van der Waals surface area contributed by atoms with E-state index in [1.54, 1.807) is 14.2 Å². The van der Waals surface area contributed by atoms with E-state index in [1.807, 2.05) is 6.07 Å². The highest BCUT2D eigenvalue weighted by atomic mass is 16.5. The van der Waals surface area contributed by atoms with E-state index < -0.39 is 0 Å². The molecule has 1 aromatic rings. The normalized spacial score (nSPS) is 23.7. The quantitative estimate of drug-likeness (QED) is 0.890. The molecule has 0 aliphatic carbocycles. The van der Waals surface area contributed by atoms with Crippen molar-refractivity contribution in [2.75, 3.05) is 27.3 Å². The van der Waals surface area contributed by atoms with E-state index in [2.05, 4.69) is 24.4 Å². The summed E-state index contributed by atoms with van der Waals surface area (Å²) in [5, 5.41) is 3.48. The molecule has 0 amide bonds. The van der Waals surface area contributed by atoms with Crippen molar-refractivity contribution in [3.8, 4) is 11.5 Å². The molecule has 0 radical (unpaired) electrons. The van der Waals surface area contributed by atoms with Gasteiger partial charge in [-0.15, -0.1) is 0 Å². The van der Waals surface area contributed by atoms with Gasteiger partial charge in [-0.2, -0.15) is 0 Å². The van der Waals surface area contributed by atoms with Crippen molar-refractivity contribution in [1.29, 1.82) is 0 Å². The summed E-state index contributed by atoms with van der Waals surface area (Å²) in [6.45, 7) is 4.50. The lowest BCUT2D eigenvalue weighted by molar-refractivity contribution is 0.315. The molecule has 1 fully saturated rings. The Morgan fingerprint density at radius 3 is 2.67 bits per heavy atom. The van der Waals surface area contributed by atoms with E-state index in [-0.39, 0.29) is 0 Å². The third kappa shape index (κ3) is 2.61. The van der Waals surface area contributed by atoms with E-state index in [4.69, 9.17) is 9.47 Å². The van der Waals surface area contributed by atoms with Gasteiger partial charge in [0.2, 0.25) is 0 Å². The summed E-state index contributed by atoms with van der Waals surface area (Å²) < 4.78 is 10.7. The Bertz CT molecular complexity index is 392. The van der Waals surface area contributed by atoms with Crippen LogP contribution < -0.4 is 14.8 Å². The molecule has 2 atom stereocenters. The molecular weight excluding hydrogens is 226 g/mol. The van der Waals surface area contributed by atoms with Gasteiger partial charge in [0, 0.05) is 0 Å². The second-order valence-electron chi connectivity index (χ2n) is 4.88. The molecule has 18 heavy (non-hydrogen) atoms. The molecule has 3 heteroatoms. The largest absolute Gasteiger partial charge is 0.493 e. The molecule has 0 bridgehead atoms. The summed E-state index contributed by atoms with van der Waals surface area (Å²) in [5.74, 6) is 3.00. The molecule has 1 aliphatic rings. The number of nitrogens with one attached hydrogen (secondary N) is 1. The van der Waals surface area contributed by atoms with Crippen molar-refractivity contribution in [2.24, 2.45) is 5.92 Å². The maximum absolute atomic E-state index is 5.40. The Balaban J connectivity index is 2.26. The summed E-state index contributed by atoms with van der Waals surface area (Å²) in [4.78, 5) is 0. The van der Waals surface area contributed by atoms with Crippen molar-refractivity contribution in [2.45, 2.75) is 25.7 Å². The number of hydrogen-bond donors (Lipinski definition) is 1. The maximum atomic E-state index is 5.40. The lowest BCUT2D eigenvalue weighted by Gasteiger charge is -2.32. The average molecular weight is 249 g/mol. The molecule has 1 N–H and O–H groups in total. The van der Waals surface area contributed by atoms with E-state index in [9.17, 15) is 0 Å². The number of methoxy groups -OCH3 is 2. The minimum atomic E-state index is 0.635. The van der Waals surface area contributed by atoms with Gasteiger partial charge in [-0.25, -0.2) is 0 Å². The SMILES string of the molecule is CCC1CNCCC1c1ccc(OC)c(OC)c1. The molecule has 0 aromatic heterocycles. The smallest absolute Gasteiger partial charge is 0.160 e. The van der Waals surface area contributed by atoms with Crippen LogP contribution in [-0.4, -0.2) is 27.3 Å². The summed E-state index contributed by atoms with van der Waals surface area (Å²) >= 11 is 0. The van der Waals surface area contributed by atoms with Gasteiger partial charge in [0.1, 0.15) is 0 Å². The highest BCUT2D eigenvalue weighted by Crippen LogP contribution is 2.37. The van der Waals surface area contributed by atoms with Gasteiger partial charge in [-0.05, 0) is 49.0 Å². The first-order valence-electron chi connectivity index (χ1n) is 6.72. The number of benzene rings is 1. The zero-order valence-corrected chi connectivity index (χ0v) is 11.5. The topological polar surface area (TPSA) is 30.5 Å². The predicted octanol–water partition coefficient (Wildman–Crippen LogP) is 2.81. The van der Waals surface area contributed by atoms with Crippen molar-refractivity contribution >= 4 is 0 Å². The van der Waals surface area contributed by atoms with Crippen LogP contribution in [0.2, 0.25) is 0 Å². The van der Waals surface area contributed by atoms with Crippen molar-refractivity contribution < 1.29 is 9.47 Å². The molecule has 2 rings (SSSR count). The Morgan fingerprint density at radius 1 is 1.22 bits per heavy atom. The summed E-state index contributed by atoms with van der Waals surface area (Å²) in [6.07, 6.45) is 2.42. The van der Waals surface area contributed by atoms with Crippen LogP contribution >= 0.6 is 0 Å². The van der Waals surface area contributed by atoms with E-state index in [0.29, 0.717) is 5.92 Å². The van der Waals surface area contributed by atoms with Crippen LogP contribution in [0.3, 0.4) is 0 Å². The zero-order chi connectivity index (χ0) is 13.0. The van der Waals surface area contributed by atoms with E-state index in [0.717, 1.165) is 30.5 Å². The first kappa shape index (κ1) is 13.2. The molecule has 1 saturated heterocycles. The fourth-order valence-electron chi connectivity index (χ4n) is 2.87. The average Bonchev–Trinajstić information content (AvgIpc) is 2.46. The minimum absolute atomic E-state index is 0.635. The number of piperidine rings is 1. The van der Waals surface area contributed by atoms with Gasteiger partial charge in [0.05, 0.1) is 14.2 Å². The lowest BCUT2D eigenvalue weighted by Crippen LogP contribution is -2.35. The molecule has 3 nitrogen and oxygen atoms in total. The monoisotopic (exact) mass is 249 g/mol. The minimum Gasteiger partial charge on any atom is -0.493 e. The van der Waals surface area contributed by atoms with Crippen LogP contribution in [0.4, 0.5) is 0 Å². The van der Waals surface area contributed by atoms with E-state index >= 15 is 0 Å². The van der Waals surface area contributed by atoms with E-state index in [1.165, 1.54) is 18.4 Å². The Labute approximate surface area is 109 Å². The predicted molar refractivity (Wildman–Crippen MR) is 73.6 cm³/mol. The van der Waals surface area contributed by atoms with Crippen molar-refractivity contribution in [1.82, 2.24) is 5.32 Å². The van der Waals surface area contributed by atoms with Crippen molar-refractivity contribution in [3.05, 3.63) is 23.8 Å². The summed E-state index contributed by atoms with van der Waals surface area (Å²) in [7, 11) is 3.37. The highest BCUT2D eigenvalue weighted by molar-refractivity contribution is 5.44. The third-order valence-electron chi connectivity index (χ3n) is 3.97. The molecular formula is C15H23NO2. The van der Waals surface area contributed by atoms with Crippen LogP contribution in [0.5, 0.6) is 11.5 Å². The lowest BCUT2D eigenvalue weighted by atomic mass is 9.80. The third-order valence-corrected chi connectivity index (χ3v) is 3.97. The molecule has 0 saturated carbocycles. The molecule has 1 aromatic carbocycles. The van der Waals surface area contributed by atoms with Crippen LogP contribution in [-0.2, 0) is 0 Å². The molecule has 100 valence electrons. The fraction of sp³-hybridized carbons (Fsp3) is 0.600. The number of hydrogen-bond acceptors (Lipinski definition) is 3. The van der Waals surface area contributed by atoms with Crippen LogP contribution in [0.1, 0.15) is 31.2 Å². The second-order valence-corrected chi connectivity index (χ2v) is 4.88. The molecule has 0 spiro atoms. The zero-order valence-electron chi connectivity index (χ0n) is 11.5. The van der Waals surface area contributed by atoms with Crippen LogP contribution in [0, 0.1) is 5.92 Å². The van der Waals surface area contributed by atoms with Crippen LogP contribution in [0.25, 0.3) is 0 Å². The second kappa shape index (κ2) is 6.10. The van der Waals surface area contributed by atoms with Crippen molar-refractivity contribution in [3.63, 3.8) is 0 Å². The maximum Gasteiger partial charge on any atom is 0.160 e. The fourth-order valence-corrected chi connectivity index (χ4v) is 2.87. The number of rotatable bonds is 4. The Kier molecular flexibility index (Phi) is 4.48. The molecule has 1 heterocycles. The first-order chi connectivity index (χ1) is 8.80. The summed E-state index contributed by atoms with van der Waals surface area (Å²) in [6, 6.07) is 6.33.